The van der Waals surface area contributed by atoms with E-state index in [1.54, 1.807) is 19.4 Å². The molecule has 0 saturated heterocycles. The first-order valence-electron chi connectivity index (χ1n) is 8.01. The zero-order chi connectivity index (χ0) is 18.1. The van der Waals surface area contributed by atoms with E-state index in [4.69, 9.17) is 27.1 Å². The predicted molar refractivity (Wildman–Crippen MR) is 103 cm³/mol. The fourth-order valence-corrected chi connectivity index (χ4v) is 3.00. The third-order valence-corrected chi connectivity index (χ3v) is 4.42. The molecular formula is C19H16ClN5O. The number of nitrogen functional groups attached to an aromatic ring is 1. The van der Waals surface area contributed by atoms with E-state index in [0.717, 1.165) is 22.3 Å². The molecule has 0 aliphatic carbocycles. The van der Waals surface area contributed by atoms with Crippen molar-refractivity contribution in [1.82, 2.24) is 19.5 Å². The van der Waals surface area contributed by atoms with Crippen molar-refractivity contribution < 1.29 is 4.74 Å². The highest BCUT2D eigenvalue weighted by Crippen LogP contribution is 2.31. The van der Waals surface area contributed by atoms with Gasteiger partial charge in [0, 0.05) is 23.8 Å². The third-order valence-electron chi connectivity index (χ3n) is 4.12. The number of methoxy groups -OCH3 is 1. The molecule has 0 amide bonds. The summed E-state index contributed by atoms with van der Waals surface area (Å²) in [6.45, 7) is 0. The molecule has 0 aliphatic rings. The van der Waals surface area contributed by atoms with Gasteiger partial charge in [-0.25, -0.2) is 9.97 Å². The first-order valence-corrected chi connectivity index (χ1v) is 8.54. The molecule has 1 aromatic carbocycles. The van der Waals surface area contributed by atoms with Crippen LogP contribution in [0.5, 0.6) is 5.88 Å². The fraction of sp³-hybridized carbons (Fsp3) is 0.105. The number of imidazole rings is 1. The minimum absolute atomic E-state index is 0.411. The van der Waals surface area contributed by atoms with E-state index in [1.165, 1.54) is 0 Å². The van der Waals surface area contributed by atoms with E-state index in [2.05, 4.69) is 9.97 Å². The Labute approximate surface area is 155 Å². The Hall–Kier alpha value is -3.12. The molecule has 0 saturated carbocycles. The summed E-state index contributed by atoms with van der Waals surface area (Å²) in [5.74, 6) is 2.06. The maximum absolute atomic E-state index is 6.10. The van der Waals surface area contributed by atoms with Crippen LogP contribution in [0.15, 0.2) is 54.7 Å². The van der Waals surface area contributed by atoms with Gasteiger partial charge < -0.3 is 10.5 Å². The molecule has 7 heteroatoms. The second-order valence-corrected chi connectivity index (χ2v) is 5.97. The lowest BCUT2D eigenvalue weighted by Crippen LogP contribution is -2.02. The number of halogens is 1. The van der Waals surface area contributed by atoms with Crippen LogP contribution in [0.25, 0.3) is 28.2 Å². The number of hydrogen-bond donors (Lipinski definition) is 1. The second kappa shape index (κ2) is 6.65. The van der Waals surface area contributed by atoms with Crippen LogP contribution in [-0.4, -0.2) is 26.6 Å². The molecule has 0 unspecified atom stereocenters. The lowest BCUT2D eigenvalue weighted by molar-refractivity contribution is 0.399. The molecule has 3 aromatic heterocycles. The third kappa shape index (κ3) is 2.74. The van der Waals surface area contributed by atoms with Gasteiger partial charge in [-0.2, -0.15) is 4.98 Å². The van der Waals surface area contributed by atoms with Crippen LogP contribution in [0.3, 0.4) is 0 Å². The van der Waals surface area contributed by atoms with Gasteiger partial charge in [0.1, 0.15) is 11.3 Å². The van der Waals surface area contributed by atoms with Crippen LogP contribution in [0, 0.1) is 0 Å². The Kier molecular flexibility index (Phi) is 4.18. The molecule has 4 aromatic rings. The minimum Gasteiger partial charge on any atom is -0.481 e. The van der Waals surface area contributed by atoms with Gasteiger partial charge >= 0.3 is 0 Å². The molecule has 6 nitrogen and oxygen atoms in total. The van der Waals surface area contributed by atoms with Crippen LogP contribution in [0.4, 0.5) is 5.82 Å². The lowest BCUT2D eigenvalue weighted by Gasteiger charge is -2.11. The van der Waals surface area contributed by atoms with Gasteiger partial charge in [0.05, 0.1) is 12.7 Å². The van der Waals surface area contributed by atoms with Crippen molar-refractivity contribution in [3.8, 4) is 23.0 Å². The Balaban J connectivity index is 2.03. The Morgan fingerprint density at radius 3 is 2.58 bits per heavy atom. The molecule has 3 heterocycles. The number of nitrogens with two attached hydrogens (primary N) is 1. The molecule has 0 aliphatic heterocycles. The van der Waals surface area contributed by atoms with E-state index >= 15 is 0 Å². The summed E-state index contributed by atoms with van der Waals surface area (Å²) in [4.78, 5) is 13.5. The van der Waals surface area contributed by atoms with Crippen LogP contribution >= 0.6 is 11.6 Å². The van der Waals surface area contributed by atoms with Gasteiger partial charge in [-0.15, -0.1) is 11.6 Å². The molecule has 0 atom stereocenters. The number of pyridine rings is 2. The van der Waals surface area contributed by atoms with Crippen molar-refractivity contribution in [2.24, 2.45) is 0 Å². The molecular weight excluding hydrogens is 350 g/mol. The standard InChI is InChI=1S/C19H16ClN5O/c1-26-16-9-8-15-19(24-16)25(13-6-4-12(11-20)5-7-13)18(23-15)14-3-2-10-22-17(14)21/h2-10H,11H2,1H3,(H2,21,22). The zero-order valence-electron chi connectivity index (χ0n) is 14.1. The number of benzene rings is 1. The van der Waals surface area contributed by atoms with Gasteiger partial charge in [0.2, 0.25) is 5.88 Å². The lowest BCUT2D eigenvalue weighted by atomic mass is 10.2. The summed E-state index contributed by atoms with van der Waals surface area (Å²) < 4.78 is 7.23. The van der Waals surface area contributed by atoms with Gasteiger partial charge in [0.15, 0.2) is 11.5 Å². The molecule has 0 radical (unpaired) electrons. The number of rotatable bonds is 4. The second-order valence-electron chi connectivity index (χ2n) is 5.70. The molecule has 0 bridgehead atoms. The topological polar surface area (TPSA) is 78.9 Å². The Morgan fingerprint density at radius 1 is 1.08 bits per heavy atom. The van der Waals surface area contributed by atoms with Gasteiger partial charge in [0.25, 0.3) is 0 Å². The summed E-state index contributed by atoms with van der Waals surface area (Å²) in [6, 6.07) is 15.3. The number of ether oxygens (including phenoxy) is 1. The summed E-state index contributed by atoms with van der Waals surface area (Å²) in [5, 5.41) is 0. The largest absolute Gasteiger partial charge is 0.481 e. The molecule has 4 rings (SSSR count). The molecule has 0 fully saturated rings. The highest BCUT2D eigenvalue weighted by atomic mass is 35.5. The predicted octanol–water partition coefficient (Wildman–Crippen LogP) is 3.81. The molecule has 2 N–H and O–H groups in total. The number of fused-ring (bicyclic) bond motifs is 1. The number of aromatic nitrogens is 4. The summed E-state index contributed by atoms with van der Waals surface area (Å²) in [7, 11) is 1.59. The monoisotopic (exact) mass is 365 g/mol. The average Bonchev–Trinajstić information content (AvgIpc) is 3.06. The number of anilines is 1. The van der Waals surface area contributed by atoms with Gasteiger partial charge in [-0.3, -0.25) is 4.57 Å². The smallest absolute Gasteiger partial charge is 0.215 e. The first-order chi connectivity index (χ1) is 12.7. The summed E-state index contributed by atoms with van der Waals surface area (Å²) in [5.41, 5.74) is 10.2. The minimum atomic E-state index is 0.411. The fourth-order valence-electron chi connectivity index (χ4n) is 2.82. The van der Waals surface area contributed by atoms with Crippen LogP contribution < -0.4 is 10.5 Å². The normalized spacial score (nSPS) is 11.0. The Bertz CT molecular complexity index is 1080. The van der Waals surface area contributed by atoms with Crippen LogP contribution in [0.2, 0.25) is 0 Å². The quantitative estimate of drug-likeness (QED) is 0.556. The van der Waals surface area contributed by atoms with Crippen molar-refractivity contribution in [2.45, 2.75) is 5.88 Å². The van der Waals surface area contributed by atoms with Crippen molar-refractivity contribution in [1.29, 1.82) is 0 Å². The van der Waals surface area contributed by atoms with Crippen molar-refractivity contribution in [3.63, 3.8) is 0 Å². The highest BCUT2D eigenvalue weighted by molar-refractivity contribution is 6.17. The van der Waals surface area contributed by atoms with Crippen molar-refractivity contribution in [2.75, 3.05) is 12.8 Å². The number of nitrogens with zero attached hydrogens (tertiary/aromatic N) is 4. The van der Waals surface area contributed by atoms with Crippen LogP contribution in [0.1, 0.15) is 5.56 Å². The van der Waals surface area contributed by atoms with E-state index in [-0.39, 0.29) is 0 Å². The van der Waals surface area contributed by atoms with Crippen molar-refractivity contribution >= 4 is 28.6 Å². The van der Waals surface area contributed by atoms with Gasteiger partial charge in [-0.05, 0) is 35.9 Å². The molecule has 130 valence electrons. The van der Waals surface area contributed by atoms with E-state index < -0.39 is 0 Å². The maximum atomic E-state index is 6.10. The van der Waals surface area contributed by atoms with Crippen molar-refractivity contribution in [3.05, 3.63) is 60.3 Å². The Morgan fingerprint density at radius 2 is 1.88 bits per heavy atom. The average molecular weight is 366 g/mol. The van der Waals surface area contributed by atoms with E-state index in [9.17, 15) is 0 Å². The summed E-state index contributed by atoms with van der Waals surface area (Å²) >= 11 is 5.91. The summed E-state index contributed by atoms with van der Waals surface area (Å²) in [6.07, 6.45) is 1.66. The molecule has 0 spiro atoms. The number of alkyl halides is 1. The van der Waals surface area contributed by atoms with E-state index in [0.29, 0.717) is 29.0 Å². The highest BCUT2D eigenvalue weighted by Gasteiger charge is 2.18. The zero-order valence-corrected chi connectivity index (χ0v) is 14.8. The van der Waals surface area contributed by atoms with E-state index in [1.807, 2.05) is 47.0 Å². The SMILES string of the molecule is COc1ccc2nc(-c3cccnc3N)n(-c3ccc(CCl)cc3)c2n1. The van der Waals surface area contributed by atoms with Gasteiger partial charge in [-0.1, -0.05) is 12.1 Å². The maximum Gasteiger partial charge on any atom is 0.215 e. The molecule has 26 heavy (non-hydrogen) atoms. The first kappa shape index (κ1) is 16.4. The number of hydrogen-bond acceptors (Lipinski definition) is 5. The van der Waals surface area contributed by atoms with Crippen LogP contribution in [-0.2, 0) is 5.88 Å².